The van der Waals surface area contributed by atoms with Crippen LogP contribution in [0.25, 0.3) is 5.65 Å². The molecule has 1 saturated heterocycles. The highest BCUT2D eigenvalue weighted by Crippen LogP contribution is 2.22. The maximum absolute atomic E-state index is 13.1. The molecular formula is C17H23BrN4O. The van der Waals surface area contributed by atoms with Crippen molar-refractivity contribution < 1.29 is 4.79 Å². The van der Waals surface area contributed by atoms with E-state index in [1.807, 2.05) is 28.5 Å². The molecule has 23 heavy (non-hydrogen) atoms. The van der Waals surface area contributed by atoms with E-state index in [-0.39, 0.29) is 5.91 Å². The van der Waals surface area contributed by atoms with E-state index in [2.05, 4.69) is 34.7 Å². The normalized spacial score (nSPS) is 16.3. The Balaban J connectivity index is 2.00. The molecule has 0 aliphatic carbocycles. The van der Waals surface area contributed by atoms with Gasteiger partial charge < -0.3 is 9.80 Å². The fourth-order valence-corrected chi connectivity index (χ4v) is 3.75. The molecule has 0 saturated carbocycles. The number of carbonyl (C=O) groups excluding carboxylic acids is 1. The quantitative estimate of drug-likeness (QED) is 0.824. The summed E-state index contributed by atoms with van der Waals surface area (Å²) in [6, 6.07) is 2.04. The van der Waals surface area contributed by atoms with Crippen molar-refractivity contribution in [1.29, 1.82) is 0 Å². The fourth-order valence-electron chi connectivity index (χ4n) is 3.21. The summed E-state index contributed by atoms with van der Waals surface area (Å²) in [4.78, 5) is 22.1. The molecule has 0 aromatic carbocycles. The lowest BCUT2D eigenvalue weighted by molar-refractivity contribution is 0.0635. The molecule has 0 bridgehead atoms. The van der Waals surface area contributed by atoms with E-state index in [4.69, 9.17) is 4.98 Å². The number of hydrogen-bond acceptors (Lipinski definition) is 3. The lowest BCUT2D eigenvalue weighted by atomic mass is 10.2. The Kier molecular flexibility index (Phi) is 4.73. The van der Waals surface area contributed by atoms with Crippen molar-refractivity contribution in [2.75, 3.05) is 32.7 Å². The van der Waals surface area contributed by atoms with Gasteiger partial charge in [-0.1, -0.05) is 13.8 Å². The Morgan fingerprint density at radius 2 is 1.96 bits per heavy atom. The van der Waals surface area contributed by atoms with Crippen molar-refractivity contribution >= 4 is 27.5 Å². The highest BCUT2D eigenvalue weighted by Gasteiger charge is 2.26. The van der Waals surface area contributed by atoms with Crippen LogP contribution in [0.4, 0.5) is 0 Å². The molecule has 3 rings (SSSR count). The number of imidazole rings is 1. The highest BCUT2D eigenvalue weighted by atomic mass is 79.9. The second-order valence-electron chi connectivity index (χ2n) is 6.02. The van der Waals surface area contributed by atoms with Crippen LogP contribution in [0.15, 0.2) is 16.7 Å². The van der Waals surface area contributed by atoms with Gasteiger partial charge in [0, 0.05) is 36.8 Å². The van der Waals surface area contributed by atoms with Gasteiger partial charge in [0.1, 0.15) is 11.3 Å². The van der Waals surface area contributed by atoms with Crippen molar-refractivity contribution in [2.45, 2.75) is 27.2 Å². The molecule has 0 spiro atoms. The molecule has 0 unspecified atom stereocenters. The van der Waals surface area contributed by atoms with Gasteiger partial charge >= 0.3 is 0 Å². The Morgan fingerprint density at radius 3 is 2.57 bits per heavy atom. The summed E-state index contributed by atoms with van der Waals surface area (Å²) in [5.41, 5.74) is 3.55. The first kappa shape index (κ1) is 16.5. The zero-order valence-corrected chi connectivity index (χ0v) is 15.6. The van der Waals surface area contributed by atoms with E-state index in [0.717, 1.165) is 66.2 Å². The van der Waals surface area contributed by atoms with Crippen molar-refractivity contribution in [3.63, 3.8) is 0 Å². The van der Waals surface area contributed by atoms with Gasteiger partial charge in [-0.25, -0.2) is 4.98 Å². The van der Waals surface area contributed by atoms with Crippen molar-refractivity contribution in [2.24, 2.45) is 0 Å². The molecular weight excluding hydrogens is 356 g/mol. The number of amides is 1. The monoisotopic (exact) mass is 378 g/mol. The summed E-state index contributed by atoms with van der Waals surface area (Å²) in [5, 5.41) is 0. The molecule has 0 atom stereocenters. The molecule has 1 aliphatic rings. The van der Waals surface area contributed by atoms with Gasteiger partial charge in [-0.15, -0.1) is 0 Å². The number of aryl methyl sites for hydroxylation is 2. The third-order valence-electron chi connectivity index (χ3n) is 4.59. The molecule has 1 fully saturated rings. The summed E-state index contributed by atoms with van der Waals surface area (Å²) in [5.74, 6) is 0.0996. The first-order chi connectivity index (χ1) is 11.0. The third kappa shape index (κ3) is 3.02. The third-order valence-corrected chi connectivity index (χ3v) is 5.02. The number of halogens is 1. The fraction of sp³-hybridized carbons (Fsp3) is 0.529. The number of aromatic nitrogens is 2. The number of pyridine rings is 1. The van der Waals surface area contributed by atoms with Crippen molar-refractivity contribution in [1.82, 2.24) is 19.2 Å². The van der Waals surface area contributed by atoms with Gasteiger partial charge in [-0.2, -0.15) is 0 Å². The van der Waals surface area contributed by atoms with Crippen LogP contribution in [0.1, 0.15) is 35.6 Å². The van der Waals surface area contributed by atoms with Crippen LogP contribution >= 0.6 is 15.9 Å². The first-order valence-electron chi connectivity index (χ1n) is 8.23. The lowest BCUT2D eigenvalue weighted by Crippen LogP contribution is -2.48. The average molecular weight is 379 g/mol. The lowest BCUT2D eigenvalue weighted by Gasteiger charge is -2.34. The van der Waals surface area contributed by atoms with Gasteiger partial charge in [-0.05, 0) is 47.4 Å². The summed E-state index contributed by atoms with van der Waals surface area (Å²) in [6.45, 7) is 10.8. The largest absolute Gasteiger partial charge is 0.335 e. The van der Waals surface area contributed by atoms with E-state index in [1.165, 1.54) is 0 Å². The number of likely N-dealkylation sites (N-methyl/N-ethyl adjacent to an activating group) is 1. The molecule has 2 aromatic heterocycles. The molecule has 0 radical (unpaired) electrons. The minimum Gasteiger partial charge on any atom is -0.335 e. The van der Waals surface area contributed by atoms with Gasteiger partial charge in [0.15, 0.2) is 0 Å². The second-order valence-corrected chi connectivity index (χ2v) is 6.94. The molecule has 1 aliphatic heterocycles. The number of fused-ring (bicyclic) bond motifs is 1. The Hall–Kier alpha value is -1.40. The Bertz CT molecular complexity index is 732. The van der Waals surface area contributed by atoms with Crippen LogP contribution < -0.4 is 0 Å². The molecule has 1 amide bonds. The zero-order valence-electron chi connectivity index (χ0n) is 14.0. The Labute approximate surface area is 145 Å². The molecule has 0 N–H and O–H groups in total. The zero-order chi connectivity index (χ0) is 16.6. The highest BCUT2D eigenvalue weighted by molar-refractivity contribution is 9.10. The molecule has 3 heterocycles. The predicted molar refractivity (Wildman–Crippen MR) is 95.0 cm³/mol. The topological polar surface area (TPSA) is 40.9 Å². The average Bonchev–Trinajstić information content (AvgIpc) is 2.93. The molecule has 6 heteroatoms. The van der Waals surface area contributed by atoms with Crippen LogP contribution in [0, 0.1) is 6.92 Å². The van der Waals surface area contributed by atoms with E-state index < -0.39 is 0 Å². The van der Waals surface area contributed by atoms with E-state index >= 15 is 0 Å². The molecule has 2 aromatic rings. The number of rotatable bonds is 3. The minimum atomic E-state index is 0.0996. The van der Waals surface area contributed by atoms with Gasteiger partial charge in [0.25, 0.3) is 5.91 Å². The number of piperazine rings is 1. The minimum absolute atomic E-state index is 0.0996. The van der Waals surface area contributed by atoms with Crippen LogP contribution in [0.3, 0.4) is 0 Å². The maximum atomic E-state index is 13.1. The van der Waals surface area contributed by atoms with Gasteiger partial charge in [0.2, 0.25) is 0 Å². The molecule has 5 nitrogen and oxygen atoms in total. The number of carbonyl (C=O) groups is 1. The van der Waals surface area contributed by atoms with Crippen LogP contribution in [-0.4, -0.2) is 57.8 Å². The van der Waals surface area contributed by atoms with E-state index in [1.54, 1.807) is 0 Å². The Morgan fingerprint density at radius 1 is 1.26 bits per heavy atom. The smallest absolute Gasteiger partial charge is 0.272 e. The summed E-state index contributed by atoms with van der Waals surface area (Å²) in [7, 11) is 0. The maximum Gasteiger partial charge on any atom is 0.272 e. The molecule has 124 valence electrons. The number of hydrogen-bond donors (Lipinski definition) is 0. The van der Waals surface area contributed by atoms with Crippen LogP contribution in [-0.2, 0) is 6.42 Å². The van der Waals surface area contributed by atoms with Crippen LogP contribution in [0.5, 0.6) is 0 Å². The van der Waals surface area contributed by atoms with Crippen molar-refractivity contribution in [3.8, 4) is 0 Å². The first-order valence-corrected chi connectivity index (χ1v) is 9.03. The standard InChI is InChI=1S/C17H23BrN4O/c1-4-14-15(17(23)21-8-6-20(5-2)7-9-21)22-11-13(18)10-12(3)16(22)19-14/h10-11H,4-9H2,1-3H3. The van der Waals surface area contributed by atoms with E-state index in [9.17, 15) is 4.79 Å². The summed E-state index contributed by atoms with van der Waals surface area (Å²) in [6.07, 6.45) is 2.71. The number of nitrogens with zero attached hydrogens (tertiary/aromatic N) is 4. The van der Waals surface area contributed by atoms with Gasteiger partial charge in [0.05, 0.1) is 5.69 Å². The summed E-state index contributed by atoms with van der Waals surface area (Å²) < 4.78 is 2.92. The van der Waals surface area contributed by atoms with Crippen LogP contribution in [0.2, 0.25) is 0 Å². The summed E-state index contributed by atoms with van der Waals surface area (Å²) >= 11 is 3.53. The SMILES string of the molecule is CCc1nc2c(C)cc(Br)cn2c1C(=O)N1CCN(CC)CC1. The van der Waals surface area contributed by atoms with Crippen molar-refractivity contribution in [3.05, 3.63) is 33.7 Å². The second kappa shape index (κ2) is 6.61. The van der Waals surface area contributed by atoms with Gasteiger partial charge in [-0.3, -0.25) is 9.20 Å². The van der Waals surface area contributed by atoms with E-state index in [0.29, 0.717) is 0 Å². The predicted octanol–water partition coefficient (Wildman–Crippen LogP) is 2.75.